The molecule has 1 aromatic heterocycles. The first kappa shape index (κ1) is 11.8. The number of fused-ring (bicyclic) bond motifs is 1. The number of aryl methyl sites for hydroxylation is 1. The van der Waals surface area contributed by atoms with Crippen molar-refractivity contribution >= 4 is 6.29 Å². The average molecular weight is 254 g/mol. The fraction of sp³-hybridized carbons (Fsp3) is 0.267. The molecule has 0 saturated carbocycles. The molecule has 0 spiro atoms. The van der Waals surface area contributed by atoms with Crippen LogP contribution in [0.5, 0.6) is 5.75 Å². The molecule has 2 aromatic rings. The van der Waals surface area contributed by atoms with Gasteiger partial charge in [0.05, 0.1) is 12.5 Å². The van der Waals surface area contributed by atoms with Crippen LogP contribution in [0.4, 0.5) is 0 Å². The molecule has 0 fully saturated rings. The fourth-order valence-electron chi connectivity index (χ4n) is 2.44. The van der Waals surface area contributed by atoms with Crippen molar-refractivity contribution in [1.82, 2.24) is 9.97 Å². The molecule has 0 aliphatic carbocycles. The van der Waals surface area contributed by atoms with E-state index in [9.17, 15) is 4.79 Å². The number of carbonyl (C=O) groups is 1. The normalized spacial score (nSPS) is 17.4. The quantitative estimate of drug-likeness (QED) is 0.773. The molecule has 0 saturated heterocycles. The van der Waals surface area contributed by atoms with E-state index >= 15 is 0 Å². The van der Waals surface area contributed by atoms with Gasteiger partial charge in [0.1, 0.15) is 17.3 Å². The number of rotatable bonds is 2. The summed E-state index contributed by atoms with van der Waals surface area (Å²) in [6.07, 6.45) is 1.60. The Morgan fingerprint density at radius 1 is 1.32 bits per heavy atom. The largest absolute Gasteiger partial charge is 0.493 e. The van der Waals surface area contributed by atoms with E-state index in [1.165, 1.54) is 0 Å². The second-order valence-corrected chi connectivity index (χ2v) is 4.64. The van der Waals surface area contributed by atoms with Gasteiger partial charge in [-0.2, -0.15) is 0 Å². The summed E-state index contributed by atoms with van der Waals surface area (Å²) in [4.78, 5) is 19.7. The number of carbonyl (C=O) groups excluding carboxylic acids is 1. The minimum absolute atomic E-state index is 0.101. The highest BCUT2D eigenvalue weighted by atomic mass is 16.5. The van der Waals surface area contributed by atoms with Gasteiger partial charge in [0.25, 0.3) is 0 Å². The highest BCUT2D eigenvalue weighted by Crippen LogP contribution is 2.36. The van der Waals surface area contributed by atoms with Crippen LogP contribution in [0.3, 0.4) is 0 Å². The molecular weight excluding hydrogens is 240 g/mol. The number of nitrogens with zero attached hydrogens (tertiary/aromatic N) is 2. The van der Waals surface area contributed by atoms with Gasteiger partial charge in [-0.05, 0) is 25.5 Å². The van der Waals surface area contributed by atoms with E-state index < -0.39 is 0 Å². The lowest BCUT2D eigenvalue weighted by molar-refractivity contribution is 0.111. The number of benzene rings is 1. The predicted octanol–water partition coefficient (Wildman–Crippen LogP) is 2.51. The number of ether oxygens (including phenoxy) is 1. The van der Waals surface area contributed by atoms with Crippen LogP contribution >= 0.6 is 0 Å². The Morgan fingerprint density at radius 3 is 3.00 bits per heavy atom. The first-order valence-electron chi connectivity index (χ1n) is 6.30. The maximum Gasteiger partial charge on any atom is 0.168 e. The fourth-order valence-corrected chi connectivity index (χ4v) is 2.44. The maximum absolute atomic E-state index is 10.9. The van der Waals surface area contributed by atoms with Gasteiger partial charge in [0, 0.05) is 11.3 Å². The van der Waals surface area contributed by atoms with Gasteiger partial charge in [-0.15, -0.1) is 0 Å². The van der Waals surface area contributed by atoms with Crippen molar-refractivity contribution in [1.29, 1.82) is 0 Å². The van der Waals surface area contributed by atoms with Gasteiger partial charge >= 0.3 is 0 Å². The topological polar surface area (TPSA) is 52.1 Å². The van der Waals surface area contributed by atoms with Crippen molar-refractivity contribution in [3.8, 4) is 5.75 Å². The first-order valence-corrected chi connectivity index (χ1v) is 6.30. The van der Waals surface area contributed by atoms with E-state index in [1.807, 2.05) is 31.2 Å². The first-order chi connectivity index (χ1) is 9.28. The molecule has 0 bridgehead atoms. The lowest BCUT2D eigenvalue weighted by Gasteiger charge is -2.25. The van der Waals surface area contributed by atoms with Crippen molar-refractivity contribution in [3.05, 3.63) is 53.1 Å². The molecule has 3 rings (SSSR count). The van der Waals surface area contributed by atoms with E-state index in [4.69, 9.17) is 4.74 Å². The molecule has 4 nitrogen and oxygen atoms in total. The number of aldehydes is 1. The third-order valence-electron chi connectivity index (χ3n) is 3.28. The zero-order valence-corrected chi connectivity index (χ0v) is 10.7. The molecule has 19 heavy (non-hydrogen) atoms. The van der Waals surface area contributed by atoms with Crippen LogP contribution in [0.15, 0.2) is 30.3 Å². The Morgan fingerprint density at radius 2 is 2.16 bits per heavy atom. The summed E-state index contributed by atoms with van der Waals surface area (Å²) in [5.41, 5.74) is 2.35. The lowest BCUT2D eigenvalue weighted by Crippen LogP contribution is -2.18. The molecule has 1 atom stereocenters. The molecule has 1 aliphatic rings. The number of para-hydroxylation sites is 1. The number of hydrogen-bond acceptors (Lipinski definition) is 4. The second kappa shape index (κ2) is 4.80. The standard InChI is InChI=1S/C15H14N2O2/c1-10-8-11(9-18)17-15(16-10)13-6-7-19-14-5-3-2-4-12(13)14/h2-5,8-9,13H,6-7H2,1H3. The zero-order valence-electron chi connectivity index (χ0n) is 10.7. The van der Waals surface area contributed by atoms with Crippen LogP contribution in [0, 0.1) is 6.92 Å². The molecule has 0 amide bonds. The summed E-state index contributed by atoms with van der Waals surface area (Å²) < 4.78 is 5.64. The van der Waals surface area contributed by atoms with Gasteiger partial charge in [0.2, 0.25) is 0 Å². The summed E-state index contributed by atoms with van der Waals surface area (Å²) >= 11 is 0. The van der Waals surface area contributed by atoms with Crippen molar-refractivity contribution in [2.24, 2.45) is 0 Å². The minimum atomic E-state index is 0.101. The molecule has 4 heteroatoms. The average Bonchev–Trinajstić information content (AvgIpc) is 2.46. The van der Waals surface area contributed by atoms with Crippen molar-refractivity contribution in [2.75, 3.05) is 6.61 Å². The Kier molecular flexibility index (Phi) is 2.99. The van der Waals surface area contributed by atoms with Gasteiger partial charge in [-0.1, -0.05) is 18.2 Å². The monoisotopic (exact) mass is 254 g/mol. The number of aromatic nitrogens is 2. The molecule has 1 aliphatic heterocycles. The predicted molar refractivity (Wildman–Crippen MR) is 70.6 cm³/mol. The Labute approximate surface area is 111 Å². The lowest BCUT2D eigenvalue weighted by atomic mass is 9.92. The molecule has 1 unspecified atom stereocenters. The van der Waals surface area contributed by atoms with E-state index in [1.54, 1.807) is 6.07 Å². The molecule has 96 valence electrons. The summed E-state index contributed by atoms with van der Waals surface area (Å²) in [6, 6.07) is 9.62. The van der Waals surface area contributed by atoms with Gasteiger partial charge in [-0.25, -0.2) is 9.97 Å². The van der Waals surface area contributed by atoms with E-state index in [-0.39, 0.29) is 5.92 Å². The van der Waals surface area contributed by atoms with Gasteiger partial charge < -0.3 is 4.74 Å². The minimum Gasteiger partial charge on any atom is -0.493 e. The third-order valence-corrected chi connectivity index (χ3v) is 3.28. The maximum atomic E-state index is 10.9. The SMILES string of the molecule is Cc1cc(C=O)nc(C2CCOc3ccccc32)n1. The highest BCUT2D eigenvalue weighted by Gasteiger charge is 2.25. The van der Waals surface area contributed by atoms with Crippen LogP contribution in [0.1, 0.15) is 39.9 Å². The van der Waals surface area contributed by atoms with Crippen LogP contribution < -0.4 is 4.74 Å². The van der Waals surface area contributed by atoms with Crippen LogP contribution in [0.25, 0.3) is 0 Å². The molecule has 1 aromatic carbocycles. The molecule has 2 heterocycles. The molecular formula is C15H14N2O2. The summed E-state index contributed by atoms with van der Waals surface area (Å²) in [7, 11) is 0. The van der Waals surface area contributed by atoms with Crippen molar-refractivity contribution < 1.29 is 9.53 Å². The Balaban J connectivity index is 2.08. The van der Waals surface area contributed by atoms with Crippen molar-refractivity contribution in [3.63, 3.8) is 0 Å². The van der Waals surface area contributed by atoms with E-state index in [0.717, 1.165) is 29.7 Å². The van der Waals surface area contributed by atoms with E-state index in [2.05, 4.69) is 9.97 Å². The summed E-state index contributed by atoms with van der Waals surface area (Å²) in [5, 5.41) is 0. The van der Waals surface area contributed by atoms with Gasteiger partial charge in [0.15, 0.2) is 6.29 Å². The highest BCUT2D eigenvalue weighted by molar-refractivity contribution is 5.71. The van der Waals surface area contributed by atoms with Crippen LogP contribution in [0.2, 0.25) is 0 Å². The Hall–Kier alpha value is -2.23. The Bertz CT molecular complexity index is 625. The van der Waals surface area contributed by atoms with Crippen molar-refractivity contribution in [2.45, 2.75) is 19.3 Å². The third kappa shape index (κ3) is 2.21. The van der Waals surface area contributed by atoms with Gasteiger partial charge in [-0.3, -0.25) is 4.79 Å². The smallest absolute Gasteiger partial charge is 0.168 e. The zero-order chi connectivity index (χ0) is 13.2. The number of hydrogen-bond donors (Lipinski definition) is 0. The van der Waals surface area contributed by atoms with Crippen LogP contribution in [-0.4, -0.2) is 22.9 Å². The van der Waals surface area contributed by atoms with E-state index in [0.29, 0.717) is 18.1 Å². The summed E-state index contributed by atoms with van der Waals surface area (Å²) in [5.74, 6) is 1.69. The molecule has 0 N–H and O–H groups in total. The second-order valence-electron chi connectivity index (χ2n) is 4.64. The summed E-state index contributed by atoms with van der Waals surface area (Å²) in [6.45, 7) is 2.53. The van der Waals surface area contributed by atoms with Crippen LogP contribution in [-0.2, 0) is 0 Å². The molecule has 0 radical (unpaired) electrons.